The maximum Gasteiger partial charge on any atom is 0.0562 e. The number of rotatable bonds is 6. The van der Waals surface area contributed by atoms with Gasteiger partial charge in [-0.3, -0.25) is 4.98 Å². The molecule has 1 fully saturated rings. The minimum atomic E-state index is 0.503. The summed E-state index contributed by atoms with van der Waals surface area (Å²) in [7, 11) is 0. The molecule has 3 heteroatoms. The lowest BCUT2D eigenvalue weighted by Crippen LogP contribution is -2.39. The van der Waals surface area contributed by atoms with E-state index in [-0.39, 0.29) is 0 Å². The van der Waals surface area contributed by atoms with Gasteiger partial charge >= 0.3 is 0 Å². The summed E-state index contributed by atoms with van der Waals surface area (Å²) in [5, 5.41) is 3.45. The van der Waals surface area contributed by atoms with Gasteiger partial charge in [-0.05, 0) is 37.8 Å². The largest absolute Gasteiger partial charge is 0.368 e. The van der Waals surface area contributed by atoms with E-state index in [4.69, 9.17) is 0 Å². The standard InChI is InChI=1S/C17H29N3/c1-4-7-16-8-5-6-11-20(16)17-9-10-18-15(12-17)13-19-14(2)3/h9-10,12,14,16,19H,4-8,11,13H2,1-3H3. The van der Waals surface area contributed by atoms with E-state index in [1.54, 1.807) is 0 Å². The van der Waals surface area contributed by atoms with Gasteiger partial charge in [-0.25, -0.2) is 0 Å². The molecule has 0 aliphatic carbocycles. The molecule has 1 aromatic heterocycles. The molecule has 1 N–H and O–H groups in total. The Morgan fingerprint density at radius 1 is 1.40 bits per heavy atom. The molecule has 2 rings (SSSR count). The fourth-order valence-electron chi connectivity index (χ4n) is 3.02. The Morgan fingerprint density at radius 2 is 2.25 bits per heavy atom. The summed E-state index contributed by atoms with van der Waals surface area (Å²) in [5.74, 6) is 0. The lowest BCUT2D eigenvalue weighted by atomic mass is 9.97. The molecule has 112 valence electrons. The van der Waals surface area contributed by atoms with Gasteiger partial charge < -0.3 is 10.2 Å². The molecule has 0 aromatic carbocycles. The van der Waals surface area contributed by atoms with Crippen LogP contribution in [0, 0.1) is 0 Å². The summed E-state index contributed by atoms with van der Waals surface area (Å²) in [4.78, 5) is 7.09. The number of hydrogen-bond acceptors (Lipinski definition) is 3. The molecular formula is C17H29N3. The minimum absolute atomic E-state index is 0.503. The van der Waals surface area contributed by atoms with Crippen molar-refractivity contribution in [2.75, 3.05) is 11.4 Å². The molecule has 1 aromatic rings. The van der Waals surface area contributed by atoms with Crippen molar-refractivity contribution in [1.29, 1.82) is 0 Å². The molecule has 1 atom stereocenters. The summed E-state index contributed by atoms with van der Waals surface area (Å²) in [6, 6.07) is 5.67. The molecule has 0 bridgehead atoms. The van der Waals surface area contributed by atoms with Crippen LogP contribution < -0.4 is 10.2 Å². The van der Waals surface area contributed by atoms with Gasteiger partial charge in [0.05, 0.1) is 5.69 Å². The number of hydrogen-bond donors (Lipinski definition) is 1. The number of nitrogens with one attached hydrogen (secondary N) is 1. The van der Waals surface area contributed by atoms with Crippen LogP contribution in [0.25, 0.3) is 0 Å². The number of aromatic nitrogens is 1. The lowest BCUT2D eigenvalue weighted by Gasteiger charge is -2.37. The average molecular weight is 275 g/mol. The first-order chi connectivity index (χ1) is 9.70. The van der Waals surface area contributed by atoms with Crippen LogP contribution in [0.3, 0.4) is 0 Å². The fourth-order valence-corrected chi connectivity index (χ4v) is 3.02. The van der Waals surface area contributed by atoms with E-state index in [1.165, 1.54) is 44.3 Å². The van der Waals surface area contributed by atoms with Crippen LogP contribution in [0.4, 0.5) is 5.69 Å². The minimum Gasteiger partial charge on any atom is -0.368 e. The Kier molecular flexibility index (Phi) is 5.84. The van der Waals surface area contributed by atoms with Crippen molar-refractivity contribution in [1.82, 2.24) is 10.3 Å². The monoisotopic (exact) mass is 275 g/mol. The van der Waals surface area contributed by atoms with Gasteiger partial charge in [0, 0.05) is 37.1 Å². The molecule has 1 saturated heterocycles. The smallest absolute Gasteiger partial charge is 0.0562 e. The van der Waals surface area contributed by atoms with E-state index in [1.807, 2.05) is 6.20 Å². The van der Waals surface area contributed by atoms with E-state index in [2.05, 4.69) is 48.1 Å². The number of anilines is 1. The second-order valence-electron chi connectivity index (χ2n) is 6.17. The molecule has 3 nitrogen and oxygen atoms in total. The maximum absolute atomic E-state index is 4.49. The van der Waals surface area contributed by atoms with Crippen molar-refractivity contribution in [3.63, 3.8) is 0 Å². The molecular weight excluding hydrogens is 246 g/mol. The van der Waals surface area contributed by atoms with E-state index in [9.17, 15) is 0 Å². The molecule has 2 heterocycles. The van der Waals surface area contributed by atoms with Crippen molar-refractivity contribution in [2.24, 2.45) is 0 Å². The number of nitrogens with zero attached hydrogens (tertiary/aromatic N) is 2. The third kappa shape index (κ3) is 4.20. The van der Waals surface area contributed by atoms with Gasteiger partial charge in [0.1, 0.15) is 0 Å². The zero-order valence-corrected chi connectivity index (χ0v) is 13.2. The summed E-state index contributed by atoms with van der Waals surface area (Å²) in [6.07, 6.45) is 8.59. The predicted octanol–water partition coefficient (Wildman–Crippen LogP) is 3.74. The van der Waals surface area contributed by atoms with Gasteiger partial charge in [-0.15, -0.1) is 0 Å². The second-order valence-corrected chi connectivity index (χ2v) is 6.17. The highest BCUT2D eigenvalue weighted by atomic mass is 15.2. The Balaban J connectivity index is 2.07. The Morgan fingerprint density at radius 3 is 3.00 bits per heavy atom. The SMILES string of the molecule is CCCC1CCCCN1c1ccnc(CNC(C)C)c1. The van der Waals surface area contributed by atoms with Crippen LogP contribution in [-0.2, 0) is 6.54 Å². The first-order valence-corrected chi connectivity index (χ1v) is 8.15. The number of pyridine rings is 1. The van der Waals surface area contributed by atoms with E-state index in [0.717, 1.165) is 18.3 Å². The second kappa shape index (κ2) is 7.63. The third-order valence-electron chi connectivity index (χ3n) is 4.07. The quantitative estimate of drug-likeness (QED) is 0.857. The van der Waals surface area contributed by atoms with Crippen molar-refractivity contribution in [3.05, 3.63) is 24.0 Å². The zero-order valence-electron chi connectivity index (χ0n) is 13.2. The van der Waals surface area contributed by atoms with Crippen molar-refractivity contribution in [2.45, 2.75) is 71.5 Å². The van der Waals surface area contributed by atoms with Crippen LogP contribution in [0.2, 0.25) is 0 Å². The van der Waals surface area contributed by atoms with Crippen molar-refractivity contribution < 1.29 is 0 Å². The molecule has 1 aliphatic heterocycles. The molecule has 1 aliphatic rings. The van der Waals surface area contributed by atoms with Crippen LogP contribution in [0.15, 0.2) is 18.3 Å². The van der Waals surface area contributed by atoms with Crippen LogP contribution in [0.5, 0.6) is 0 Å². The van der Waals surface area contributed by atoms with Crippen LogP contribution in [0.1, 0.15) is 58.6 Å². The molecule has 0 spiro atoms. The van der Waals surface area contributed by atoms with Gasteiger partial charge in [0.25, 0.3) is 0 Å². The third-order valence-corrected chi connectivity index (χ3v) is 4.07. The first kappa shape index (κ1) is 15.3. The molecule has 0 radical (unpaired) electrons. The highest BCUT2D eigenvalue weighted by Gasteiger charge is 2.22. The van der Waals surface area contributed by atoms with Gasteiger partial charge in [-0.1, -0.05) is 27.2 Å². The number of piperidine rings is 1. The van der Waals surface area contributed by atoms with Gasteiger partial charge in [-0.2, -0.15) is 0 Å². The molecule has 20 heavy (non-hydrogen) atoms. The highest BCUT2D eigenvalue weighted by molar-refractivity contribution is 5.48. The topological polar surface area (TPSA) is 28.2 Å². The van der Waals surface area contributed by atoms with Gasteiger partial charge in [0.2, 0.25) is 0 Å². The van der Waals surface area contributed by atoms with Crippen LogP contribution >= 0.6 is 0 Å². The van der Waals surface area contributed by atoms with Crippen molar-refractivity contribution >= 4 is 5.69 Å². The Labute approximate surface area is 123 Å². The van der Waals surface area contributed by atoms with Crippen molar-refractivity contribution in [3.8, 4) is 0 Å². The van der Waals surface area contributed by atoms with Gasteiger partial charge in [0.15, 0.2) is 0 Å². The Bertz CT molecular complexity index is 401. The van der Waals surface area contributed by atoms with E-state index in [0.29, 0.717) is 6.04 Å². The first-order valence-electron chi connectivity index (χ1n) is 8.15. The summed E-state index contributed by atoms with van der Waals surface area (Å²) < 4.78 is 0. The maximum atomic E-state index is 4.49. The fraction of sp³-hybridized carbons (Fsp3) is 0.706. The van der Waals surface area contributed by atoms with Crippen LogP contribution in [-0.4, -0.2) is 23.6 Å². The summed E-state index contributed by atoms with van der Waals surface area (Å²) >= 11 is 0. The summed E-state index contributed by atoms with van der Waals surface area (Å²) in [5.41, 5.74) is 2.51. The molecule has 0 saturated carbocycles. The average Bonchev–Trinajstić information content (AvgIpc) is 2.46. The van der Waals surface area contributed by atoms with E-state index >= 15 is 0 Å². The lowest BCUT2D eigenvalue weighted by molar-refractivity contribution is 0.434. The zero-order chi connectivity index (χ0) is 14.4. The highest BCUT2D eigenvalue weighted by Crippen LogP contribution is 2.27. The van der Waals surface area contributed by atoms with E-state index < -0.39 is 0 Å². The molecule has 0 amide bonds. The molecule has 1 unspecified atom stereocenters. The predicted molar refractivity (Wildman–Crippen MR) is 86.1 cm³/mol. The Hall–Kier alpha value is -1.09. The normalized spacial score (nSPS) is 19.6. The summed E-state index contributed by atoms with van der Waals surface area (Å²) in [6.45, 7) is 8.69.